The van der Waals surface area contributed by atoms with Gasteiger partial charge in [0.25, 0.3) is 0 Å². The van der Waals surface area contributed by atoms with Crippen molar-refractivity contribution in [3.8, 4) is 20.5 Å². The summed E-state index contributed by atoms with van der Waals surface area (Å²) in [5.74, 6) is 0.904. The highest BCUT2D eigenvalue weighted by Gasteiger charge is 2.16. The van der Waals surface area contributed by atoms with Crippen LogP contribution in [0.15, 0.2) is 60.9 Å². The number of imidazole rings is 1. The first-order valence-electron chi connectivity index (χ1n) is 12.5. The number of nitrogens with zero attached hydrogens (tertiary/aromatic N) is 3. The number of aromatic nitrogens is 4. The fourth-order valence-corrected chi connectivity index (χ4v) is 6.87. The van der Waals surface area contributed by atoms with Gasteiger partial charge >= 0.3 is 0 Å². The summed E-state index contributed by atoms with van der Waals surface area (Å²) in [6.07, 6.45) is 12.9. The highest BCUT2D eigenvalue weighted by Crippen LogP contribution is 2.39. The van der Waals surface area contributed by atoms with Crippen LogP contribution in [0.25, 0.3) is 53.3 Å². The molecule has 0 unspecified atom stereocenters. The fourth-order valence-electron chi connectivity index (χ4n) is 4.78. The van der Waals surface area contributed by atoms with Crippen LogP contribution in [0, 0.1) is 0 Å². The number of nitrogens with one attached hydrogen (secondary N) is 1. The fraction of sp³-hybridized carbons (Fsp3) is 0.276. The molecule has 35 heavy (non-hydrogen) atoms. The van der Waals surface area contributed by atoms with Gasteiger partial charge in [-0.05, 0) is 61.4 Å². The van der Waals surface area contributed by atoms with Crippen molar-refractivity contribution in [2.75, 3.05) is 0 Å². The average molecular weight is 497 g/mol. The third-order valence-corrected chi connectivity index (χ3v) is 9.02. The first-order chi connectivity index (χ1) is 17.3. The Hall–Kier alpha value is -3.09. The monoisotopic (exact) mass is 496 g/mol. The van der Waals surface area contributed by atoms with Gasteiger partial charge in [-0.2, -0.15) is 0 Å². The second-order valence-electron chi connectivity index (χ2n) is 9.06. The molecular formula is C29H28N4S2. The Morgan fingerprint density at radius 1 is 0.686 bits per heavy atom. The Morgan fingerprint density at radius 2 is 1.37 bits per heavy atom. The first-order valence-corrected chi connectivity index (χ1v) is 14.2. The second-order valence-corrected chi connectivity index (χ2v) is 11.3. The van der Waals surface area contributed by atoms with Gasteiger partial charge in [0.05, 0.1) is 26.9 Å². The van der Waals surface area contributed by atoms with Gasteiger partial charge < -0.3 is 4.98 Å². The van der Waals surface area contributed by atoms with E-state index in [9.17, 15) is 0 Å². The van der Waals surface area contributed by atoms with E-state index in [1.807, 2.05) is 35.9 Å². The lowest BCUT2D eigenvalue weighted by molar-refractivity contribution is 0.609. The van der Waals surface area contributed by atoms with Gasteiger partial charge in [-0.25, -0.2) is 4.98 Å². The van der Waals surface area contributed by atoms with Crippen molar-refractivity contribution >= 4 is 55.5 Å². The smallest absolute Gasteiger partial charge is 0.148 e. The molecule has 0 atom stereocenters. The van der Waals surface area contributed by atoms with Crippen LogP contribution in [0.2, 0.25) is 0 Å². The molecule has 0 aliphatic carbocycles. The van der Waals surface area contributed by atoms with Crippen molar-refractivity contribution in [1.82, 2.24) is 19.9 Å². The third-order valence-electron chi connectivity index (χ3n) is 6.59. The molecule has 4 nitrogen and oxygen atoms in total. The summed E-state index contributed by atoms with van der Waals surface area (Å²) in [6, 6.07) is 17.1. The van der Waals surface area contributed by atoms with Gasteiger partial charge in [0.1, 0.15) is 5.82 Å². The molecule has 1 aromatic carbocycles. The number of benzene rings is 1. The molecule has 6 heteroatoms. The standard InChI is InChI=1S/C29H28N4S2/c1-2-3-4-5-6-7-10-19-13-14-22(34-19)23-15-16-24(35-23)29-32-27-20-11-8-17-30-25(20)26-21(28(27)33-29)12-9-18-31-26/h8-9,11-18H,2-7,10H2,1H3,(H,32,33). The molecule has 176 valence electrons. The summed E-state index contributed by atoms with van der Waals surface area (Å²) in [7, 11) is 0. The minimum Gasteiger partial charge on any atom is -0.337 e. The van der Waals surface area contributed by atoms with E-state index in [1.165, 1.54) is 59.6 Å². The van der Waals surface area contributed by atoms with Crippen LogP contribution in [-0.2, 0) is 6.42 Å². The Morgan fingerprint density at radius 3 is 2.23 bits per heavy atom. The Balaban J connectivity index is 1.27. The number of H-pyrrole nitrogens is 1. The molecule has 5 heterocycles. The summed E-state index contributed by atoms with van der Waals surface area (Å²) < 4.78 is 0. The van der Waals surface area contributed by atoms with Crippen LogP contribution in [0.4, 0.5) is 0 Å². The van der Waals surface area contributed by atoms with E-state index in [1.54, 1.807) is 11.3 Å². The zero-order valence-corrected chi connectivity index (χ0v) is 21.5. The Bertz CT molecular complexity index is 1530. The number of rotatable bonds is 9. The maximum absolute atomic E-state index is 5.04. The first kappa shape index (κ1) is 22.4. The van der Waals surface area contributed by atoms with Crippen LogP contribution in [0.3, 0.4) is 0 Å². The average Bonchev–Trinajstić information content (AvgIpc) is 3.65. The van der Waals surface area contributed by atoms with Crippen LogP contribution < -0.4 is 0 Å². The van der Waals surface area contributed by atoms with Crippen molar-refractivity contribution in [2.24, 2.45) is 0 Å². The lowest BCUT2D eigenvalue weighted by Gasteiger charge is -2.03. The number of unbranched alkanes of at least 4 members (excludes halogenated alkanes) is 5. The van der Waals surface area contributed by atoms with Crippen molar-refractivity contribution in [1.29, 1.82) is 0 Å². The predicted molar refractivity (Wildman–Crippen MR) is 150 cm³/mol. The number of fused-ring (bicyclic) bond motifs is 6. The Labute approximate surface area is 213 Å². The zero-order valence-electron chi connectivity index (χ0n) is 19.9. The summed E-state index contributed by atoms with van der Waals surface area (Å²) in [6.45, 7) is 2.27. The molecule has 6 aromatic rings. The maximum atomic E-state index is 5.04. The highest BCUT2D eigenvalue weighted by atomic mass is 32.1. The van der Waals surface area contributed by atoms with Crippen LogP contribution in [0.5, 0.6) is 0 Å². The van der Waals surface area contributed by atoms with Gasteiger partial charge in [0.2, 0.25) is 0 Å². The summed E-state index contributed by atoms with van der Waals surface area (Å²) >= 11 is 3.74. The van der Waals surface area contributed by atoms with Crippen LogP contribution >= 0.6 is 22.7 Å². The van der Waals surface area contributed by atoms with Gasteiger partial charge in [-0.3, -0.25) is 9.97 Å². The molecule has 0 aliphatic rings. The number of aromatic amines is 1. The Kier molecular flexibility index (Phi) is 6.32. The highest BCUT2D eigenvalue weighted by molar-refractivity contribution is 7.23. The molecule has 0 saturated heterocycles. The van der Waals surface area contributed by atoms with E-state index in [0.717, 1.165) is 43.5 Å². The quantitative estimate of drug-likeness (QED) is 0.160. The molecule has 6 rings (SSSR count). The topological polar surface area (TPSA) is 54.5 Å². The van der Waals surface area contributed by atoms with E-state index >= 15 is 0 Å². The molecule has 0 aliphatic heterocycles. The largest absolute Gasteiger partial charge is 0.337 e. The van der Waals surface area contributed by atoms with E-state index in [0.29, 0.717) is 0 Å². The molecule has 0 amide bonds. The van der Waals surface area contributed by atoms with Crippen molar-refractivity contribution in [3.05, 3.63) is 65.8 Å². The maximum Gasteiger partial charge on any atom is 0.148 e. The van der Waals surface area contributed by atoms with E-state index in [2.05, 4.69) is 58.3 Å². The minimum atomic E-state index is 0.900. The lowest BCUT2D eigenvalue weighted by Crippen LogP contribution is -1.86. The second kappa shape index (κ2) is 9.88. The van der Waals surface area contributed by atoms with Crippen molar-refractivity contribution in [3.63, 3.8) is 0 Å². The predicted octanol–water partition coefficient (Wildman–Crippen LogP) is 9.02. The third kappa shape index (κ3) is 4.37. The molecular weight excluding hydrogens is 468 g/mol. The van der Waals surface area contributed by atoms with Crippen LogP contribution in [-0.4, -0.2) is 19.9 Å². The molecule has 0 fully saturated rings. The summed E-state index contributed by atoms with van der Waals surface area (Å²) in [5, 5.41) is 2.09. The minimum absolute atomic E-state index is 0.900. The summed E-state index contributed by atoms with van der Waals surface area (Å²) in [4.78, 5) is 23.2. The van der Waals surface area contributed by atoms with Crippen molar-refractivity contribution < 1.29 is 0 Å². The molecule has 0 radical (unpaired) electrons. The molecule has 0 bridgehead atoms. The van der Waals surface area contributed by atoms with Gasteiger partial charge in [-0.1, -0.05) is 39.0 Å². The van der Waals surface area contributed by atoms with Crippen molar-refractivity contribution in [2.45, 2.75) is 51.9 Å². The number of pyridine rings is 2. The number of hydrogen-bond donors (Lipinski definition) is 1. The number of aryl methyl sites for hydroxylation is 1. The van der Waals surface area contributed by atoms with Gasteiger partial charge in [0, 0.05) is 37.8 Å². The molecule has 0 spiro atoms. The molecule has 0 saturated carbocycles. The molecule has 5 aromatic heterocycles. The van der Waals surface area contributed by atoms with E-state index in [-0.39, 0.29) is 0 Å². The van der Waals surface area contributed by atoms with E-state index in [4.69, 9.17) is 4.98 Å². The number of hydrogen-bond acceptors (Lipinski definition) is 5. The van der Waals surface area contributed by atoms with E-state index < -0.39 is 0 Å². The molecule has 1 N–H and O–H groups in total. The normalized spacial score (nSPS) is 11.8. The number of thiophene rings is 2. The van der Waals surface area contributed by atoms with Crippen LogP contribution in [0.1, 0.15) is 50.3 Å². The lowest BCUT2D eigenvalue weighted by atomic mass is 10.1. The zero-order chi connectivity index (χ0) is 23.6. The SMILES string of the molecule is CCCCCCCCc1ccc(-c2ccc(-c3nc4c5cccnc5c5ncccc5c4[nH]3)s2)s1. The summed E-state index contributed by atoms with van der Waals surface area (Å²) in [5.41, 5.74) is 3.79. The van der Waals surface area contributed by atoms with Gasteiger partial charge in [0.15, 0.2) is 0 Å². The van der Waals surface area contributed by atoms with Gasteiger partial charge in [-0.15, -0.1) is 22.7 Å².